The van der Waals surface area contributed by atoms with Gasteiger partial charge < -0.3 is 0 Å². The molecule has 0 saturated heterocycles. The maximum Gasteiger partial charge on any atom is 0.212 e. The number of hydrogen-bond acceptors (Lipinski definition) is 3. The highest BCUT2D eigenvalue weighted by molar-refractivity contribution is 7.20. The third-order valence-electron chi connectivity index (χ3n) is 2.53. The van der Waals surface area contributed by atoms with Gasteiger partial charge in [-0.2, -0.15) is 5.10 Å². The molecule has 0 unspecified atom stereocenters. The topological polar surface area (TPSA) is 30.2 Å². The second-order valence-electron chi connectivity index (χ2n) is 3.60. The summed E-state index contributed by atoms with van der Waals surface area (Å²) in [6.45, 7) is 1.83. The van der Waals surface area contributed by atoms with Crippen molar-refractivity contribution in [2.24, 2.45) is 0 Å². The molecule has 2 heterocycles. The SMILES string of the molecule is Cc1c(-c2ccc(F)cc2F)sc2ncnn12. The van der Waals surface area contributed by atoms with Gasteiger partial charge in [0.2, 0.25) is 4.96 Å². The zero-order chi connectivity index (χ0) is 12.0. The molecular formula is C11H7F2N3S. The van der Waals surface area contributed by atoms with Crippen molar-refractivity contribution in [3.8, 4) is 10.4 Å². The number of rotatable bonds is 1. The van der Waals surface area contributed by atoms with E-state index in [9.17, 15) is 8.78 Å². The molecule has 0 atom stereocenters. The van der Waals surface area contributed by atoms with Crippen LogP contribution in [0.15, 0.2) is 24.5 Å². The van der Waals surface area contributed by atoms with E-state index < -0.39 is 11.6 Å². The van der Waals surface area contributed by atoms with E-state index in [1.165, 1.54) is 29.8 Å². The van der Waals surface area contributed by atoms with Crippen molar-refractivity contribution in [3.63, 3.8) is 0 Å². The van der Waals surface area contributed by atoms with Crippen molar-refractivity contribution in [1.29, 1.82) is 0 Å². The van der Waals surface area contributed by atoms with Gasteiger partial charge in [-0.3, -0.25) is 0 Å². The Balaban J connectivity index is 2.26. The highest BCUT2D eigenvalue weighted by atomic mass is 32.1. The lowest BCUT2D eigenvalue weighted by molar-refractivity contribution is 0.585. The Kier molecular flexibility index (Phi) is 2.19. The maximum atomic E-state index is 13.7. The standard InChI is InChI=1S/C11H7F2N3S/c1-6-10(17-11-14-5-15-16(6)11)8-3-2-7(12)4-9(8)13/h2-5H,1H3. The van der Waals surface area contributed by atoms with Crippen molar-refractivity contribution < 1.29 is 8.78 Å². The van der Waals surface area contributed by atoms with Crippen molar-refractivity contribution in [3.05, 3.63) is 41.9 Å². The van der Waals surface area contributed by atoms with Crippen LogP contribution in [0.4, 0.5) is 8.78 Å². The Bertz CT molecular complexity index is 702. The molecule has 0 radical (unpaired) electrons. The van der Waals surface area contributed by atoms with Crippen LogP contribution >= 0.6 is 11.3 Å². The molecule has 3 nitrogen and oxygen atoms in total. The summed E-state index contributed by atoms with van der Waals surface area (Å²) in [7, 11) is 0. The van der Waals surface area contributed by atoms with E-state index in [1.807, 2.05) is 6.92 Å². The van der Waals surface area contributed by atoms with Crippen molar-refractivity contribution in [2.75, 3.05) is 0 Å². The molecule has 86 valence electrons. The molecule has 0 spiro atoms. The summed E-state index contributed by atoms with van der Waals surface area (Å²) in [5, 5.41) is 4.03. The Hall–Kier alpha value is -1.82. The van der Waals surface area contributed by atoms with Crippen LogP contribution in [0.25, 0.3) is 15.4 Å². The van der Waals surface area contributed by atoms with Gasteiger partial charge in [0, 0.05) is 11.6 Å². The van der Waals surface area contributed by atoms with E-state index in [-0.39, 0.29) is 0 Å². The molecule has 6 heteroatoms. The van der Waals surface area contributed by atoms with Crippen LogP contribution < -0.4 is 0 Å². The number of benzene rings is 1. The molecule has 0 aliphatic rings. The average Bonchev–Trinajstić information content (AvgIpc) is 2.83. The molecular weight excluding hydrogens is 244 g/mol. The first-order valence-corrected chi connectivity index (χ1v) is 5.73. The first-order chi connectivity index (χ1) is 8.16. The summed E-state index contributed by atoms with van der Waals surface area (Å²) in [4.78, 5) is 5.46. The van der Waals surface area contributed by atoms with E-state index in [1.54, 1.807) is 4.52 Å². The summed E-state index contributed by atoms with van der Waals surface area (Å²) in [5.41, 5.74) is 1.18. The molecule has 0 bridgehead atoms. The normalized spacial score (nSPS) is 11.2. The van der Waals surface area contributed by atoms with Crippen LogP contribution in [-0.2, 0) is 0 Å². The van der Waals surface area contributed by atoms with Gasteiger partial charge in [0.15, 0.2) is 0 Å². The highest BCUT2D eigenvalue weighted by Crippen LogP contribution is 2.33. The lowest BCUT2D eigenvalue weighted by atomic mass is 10.1. The molecule has 0 N–H and O–H groups in total. The third kappa shape index (κ3) is 1.52. The highest BCUT2D eigenvalue weighted by Gasteiger charge is 2.15. The molecule has 2 aromatic heterocycles. The Morgan fingerprint density at radius 3 is 2.82 bits per heavy atom. The number of aryl methyl sites for hydroxylation is 1. The van der Waals surface area contributed by atoms with Crippen LogP contribution in [0.3, 0.4) is 0 Å². The van der Waals surface area contributed by atoms with Crippen LogP contribution in [0.5, 0.6) is 0 Å². The van der Waals surface area contributed by atoms with Gasteiger partial charge in [0.1, 0.15) is 18.0 Å². The lowest BCUT2D eigenvalue weighted by Crippen LogP contribution is -1.90. The third-order valence-corrected chi connectivity index (χ3v) is 3.71. The van der Waals surface area contributed by atoms with Crippen LogP contribution in [0, 0.1) is 18.6 Å². The molecule has 3 rings (SSSR count). The summed E-state index contributed by atoms with van der Waals surface area (Å²) in [6, 6.07) is 3.56. The van der Waals surface area contributed by atoms with Gasteiger partial charge in [-0.1, -0.05) is 11.3 Å². The minimum atomic E-state index is -0.580. The van der Waals surface area contributed by atoms with Gasteiger partial charge >= 0.3 is 0 Å². The molecule has 0 aliphatic carbocycles. The quantitative estimate of drug-likeness (QED) is 0.665. The average molecular weight is 251 g/mol. The fourth-order valence-electron chi connectivity index (χ4n) is 1.72. The smallest absolute Gasteiger partial charge is 0.208 e. The van der Waals surface area contributed by atoms with E-state index in [0.29, 0.717) is 10.5 Å². The fraction of sp³-hybridized carbons (Fsp3) is 0.0909. The van der Waals surface area contributed by atoms with E-state index in [2.05, 4.69) is 10.1 Å². The number of nitrogens with zero attached hydrogens (tertiary/aromatic N) is 3. The summed E-state index contributed by atoms with van der Waals surface area (Å²) >= 11 is 1.33. The van der Waals surface area contributed by atoms with E-state index in [0.717, 1.165) is 16.6 Å². The van der Waals surface area contributed by atoms with Crippen LogP contribution in [0.2, 0.25) is 0 Å². The first kappa shape index (κ1) is 10.3. The first-order valence-electron chi connectivity index (χ1n) is 4.91. The maximum absolute atomic E-state index is 13.7. The summed E-state index contributed by atoms with van der Waals surface area (Å²) in [5.74, 6) is -1.15. The zero-order valence-electron chi connectivity index (χ0n) is 8.82. The van der Waals surface area contributed by atoms with Gasteiger partial charge in [0.25, 0.3) is 0 Å². The van der Waals surface area contributed by atoms with E-state index >= 15 is 0 Å². The predicted octanol–water partition coefficient (Wildman–Crippen LogP) is 3.04. The van der Waals surface area contributed by atoms with Gasteiger partial charge in [-0.25, -0.2) is 18.3 Å². The molecule has 0 aliphatic heterocycles. The lowest BCUT2D eigenvalue weighted by Gasteiger charge is -2.01. The van der Waals surface area contributed by atoms with Crippen molar-refractivity contribution >= 4 is 16.3 Å². The Labute approximate surface area is 99.4 Å². The Morgan fingerprint density at radius 2 is 2.12 bits per heavy atom. The largest absolute Gasteiger partial charge is 0.212 e. The van der Waals surface area contributed by atoms with E-state index in [4.69, 9.17) is 0 Å². The molecule has 0 amide bonds. The second-order valence-corrected chi connectivity index (χ2v) is 4.57. The number of hydrogen-bond donors (Lipinski definition) is 0. The fourth-order valence-corrected chi connectivity index (χ4v) is 2.78. The summed E-state index contributed by atoms with van der Waals surface area (Å²) in [6.07, 6.45) is 1.45. The predicted molar refractivity (Wildman–Crippen MR) is 61.0 cm³/mol. The molecule has 3 aromatic rings. The monoisotopic (exact) mass is 251 g/mol. The minimum absolute atomic E-state index is 0.376. The van der Waals surface area contributed by atoms with Gasteiger partial charge in [0.05, 0.1) is 10.6 Å². The zero-order valence-corrected chi connectivity index (χ0v) is 9.63. The van der Waals surface area contributed by atoms with Crippen LogP contribution in [0.1, 0.15) is 5.69 Å². The second kappa shape index (κ2) is 3.59. The Morgan fingerprint density at radius 1 is 1.29 bits per heavy atom. The van der Waals surface area contributed by atoms with Crippen molar-refractivity contribution in [1.82, 2.24) is 14.6 Å². The van der Waals surface area contributed by atoms with Gasteiger partial charge in [-0.15, -0.1) is 0 Å². The molecule has 0 fully saturated rings. The number of aromatic nitrogens is 3. The van der Waals surface area contributed by atoms with Crippen molar-refractivity contribution in [2.45, 2.75) is 6.92 Å². The number of halogens is 2. The van der Waals surface area contributed by atoms with Crippen LogP contribution in [-0.4, -0.2) is 14.6 Å². The summed E-state index contributed by atoms with van der Waals surface area (Å²) < 4.78 is 28.2. The van der Waals surface area contributed by atoms with Gasteiger partial charge in [-0.05, 0) is 19.1 Å². The number of thiazole rings is 1. The molecule has 1 aromatic carbocycles. The minimum Gasteiger partial charge on any atom is -0.208 e. The molecule has 0 saturated carbocycles. The molecule has 17 heavy (non-hydrogen) atoms. The number of fused-ring (bicyclic) bond motifs is 1.